The number of hydrogen-bond donors (Lipinski definition) is 1. The molecule has 1 N–H and O–H groups in total. The molecule has 4 heteroatoms. The van der Waals surface area contributed by atoms with Gasteiger partial charge in [0, 0.05) is 38.4 Å². The Hall–Kier alpha value is -2.07. The van der Waals surface area contributed by atoms with Crippen molar-refractivity contribution >= 4 is 11.7 Å². The van der Waals surface area contributed by atoms with Crippen LogP contribution in [0.15, 0.2) is 47.6 Å². The monoisotopic (exact) mass is 317 g/mol. The quantitative estimate of drug-likeness (QED) is 0.609. The van der Waals surface area contributed by atoms with Crippen molar-refractivity contribution in [2.75, 3.05) is 26.1 Å². The van der Waals surface area contributed by atoms with Gasteiger partial charge in [-0.15, -0.1) is 0 Å². The lowest BCUT2D eigenvalue weighted by Gasteiger charge is -2.22. The molecule has 0 aliphatic heterocycles. The number of carboxylic acid groups (broad SMARTS) is 1. The molecule has 0 aliphatic rings. The highest BCUT2D eigenvalue weighted by Crippen LogP contribution is 2.28. The molecule has 0 aromatic heterocycles. The van der Waals surface area contributed by atoms with E-state index in [1.165, 1.54) is 0 Å². The first-order valence-electron chi connectivity index (χ1n) is 7.66. The second-order valence-electron chi connectivity index (χ2n) is 6.04. The largest absolute Gasteiger partial charge is 0.478 e. The summed E-state index contributed by atoms with van der Waals surface area (Å²) >= 11 is 0. The van der Waals surface area contributed by atoms with E-state index in [1.807, 2.05) is 27.1 Å². The van der Waals surface area contributed by atoms with E-state index in [1.54, 1.807) is 20.1 Å². The lowest BCUT2D eigenvalue weighted by atomic mass is 9.94. The van der Waals surface area contributed by atoms with E-state index in [4.69, 9.17) is 9.84 Å². The summed E-state index contributed by atoms with van der Waals surface area (Å²) in [5.41, 5.74) is 3.50. The molecule has 0 aliphatic carbocycles. The summed E-state index contributed by atoms with van der Waals surface area (Å²) in [5, 5.41) is 8.94. The van der Waals surface area contributed by atoms with E-state index < -0.39 is 5.97 Å². The summed E-state index contributed by atoms with van der Waals surface area (Å²) in [6, 6.07) is 8.28. The second kappa shape index (κ2) is 8.53. The summed E-state index contributed by atoms with van der Waals surface area (Å²) < 4.78 is 5.66. The van der Waals surface area contributed by atoms with Crippen molar-refractivity contribution in [2.24, 2.45) is 5.92 Å². The lowest BCUT2D eigenvalue weighted by Crippen LogP contribution is -2.12. The van der Waals surface area contributed by atoms with Gasteiger partial charge in [0.1, 0.15) is 0 Å². The van der Waals surface area contributed by atoms with Gasteiger partial charge in [0.05, 0.1) is 6.10 Å². The molecule has 0 amide bonds. The fourth-order valence-electron chi connectivity index (χ4n) is 2.57. The molecule has 0 heterocycles. The SMILES string of the molecule is COC(c1ccc(N(C)C)cc1)C(C)/C=C(C)/C=C(\C)C(=O)O. The summed E-state index contributed by atoms with van der Waals surface area (Å²) in [6.07, 6.45) is 3.65. The minimum atomic E-state index is -0.895. The van der Waals surface area contributed by atoms with Crippen molar-refractivity contribution in [3.05, 3.63) is 53.1 Å². The third kappa shape index (κ3) is 5.57. The fourth-order valence-corrected chi connectivity index (χ4v) is 2.57. The maximum absolute atomic E-state index is 10.9. The molecule has 2 atom stereocenters. The number of nitrogens with zero attached hydrogens (tertiary/aromatic N) is 1. The van der Waals surface area contributed by atoms with Crippen LogP contribution in [0.5, 0.6) is 0 Å². The first-order chi connectivity index (χ1) is 10.8. The number of carboxylic acids is 1. The third-order valence-electron chi connectivity index (χ3n) is 3.78. The lowest BCUT2D eigenvalue weighted by molar-refractivity contribution is -0.132. The van der Waals surface area contributed by atoms with Gasteiger partial charge in [0.15, 0.2) is 0 Å². The van der Waals surface area contributed by atoms with Crippen LogP contribution in [0.1, 0.15) is 32.4 Å². The highest BCUT2D eigenvalue weighted by Gasteiger charge is 2.17. The van der Waals surface area contributed by atoms with Crippen molar-refractivity contribution in [1.29, 1.82) is 0 Å². The van der Waals surface area contributed by atoms with Gasteiger partial charge in [-0.05, 0) is 37.6 Å². The third-order valence-corrected chi connectivity index (χ3v) is 3.78. The van der Waals surface area contributed by atoms with E-state index in [-0.39, 0.29) is 12.0 Å². The normalized spacial score (nSPS) is 15.2. The number of aliphatic carboxylic acids is 1. The van der Waals surface area contributed by atoms with Crippen molar-refractivity contribution in [3.63, 3.8) is 0 Å². The van der Waals surface area contributed by atoms with Crippen LogP contribution in [0.3, 0.4) is 0 Å². The Balaban J connectivity index is 2.96. The standard InChI is InChI=1S/C19H27NO3/c1-13(12-15(3)19(21)22)11-14(2)18(23-6)16-7-9-17(10-8-16)20(4)5/h7-12,14,18H,1-6H3,(H,21,22)/b13-11+,15-12+. The molecule has 1 aromatic carbocycles. The Labute approximate surface area is 139 Å². The van der Waals surface area contributed by atoms with Gasteiger partial charge >= 0.3 is 5.97 Å². The summed E-state index contributed by atoms with van der Waals surface area (Å²) in [5.74, 6) is -0.768. The zero-order valence-electron chi connectivity index (χ0n) is 14.8. The molecular weight excluding hydrogens is 290 g/mol. The molecule has 0 saturated heterocycles. The van der Waals surface area contributed by atoms with Crippen LogP contribution in [0.2, 0.25) is 0 Å². The van der Waals surface area contributed by atoms with Crippen molar-refractivity contribution in [1.82, 2.24) is 0 Å². The number of anilines is 1. The first kappa shape index (κ1) is 19.0. The van der Waals surface area contributed by atoms with Crippen molar-refractivity contribution < 1.29 is 14.6 Å². The Bertz CT molecular complexity index is 585. The number of hydrogen-bond acceptors (Lipinski definition) is 3. The molecular formula is C19H27NO3. The second-order valence-corrected chi connectivity index (χ2v) is 6.04. The number of benzene rings is 1. The number of methoxy groups -OCH3 is 1. The van der Waals surface area contributed by atoms with Gasteiger partial charge in [-0.25, -0.2) is 4.79 Å². The molecule has 23 heavy (non-hydrogen) atoms. The number of carbonyl (C=O) groups is 1. The molecule has 1 aromatic rings. The smallest absolute Gasteiger partial charge is 0.331 e. The van der Waals surface area contributed by atoms with E-state index >= 15 is 0 Å². The van der Waals surface area contributed by atoms with Gasteiger partial charge in [0.2, 0.25) is 0 Å². The predicted octanol–water partition coefficient (Wildman–Crippen LogP) is 4.05. The zero-order chi connectivity index (χ0) is 17.6. The van der Waals surface area contributed by atoms with Crippen LogP contribution in [-0.4, -0.2) is 32.3 Å². The van der Waals surface area contributed by atoms with E-state index in [0.29, 0.717) is 5.57 Å². The zero-order valence-corrected chi connectivity index (χ0v) is 14.8. The molecule has 2 unspecified atom stereocenters. The highest BCUT2D eigenvalue weighted by molar-refractivity contribution is 5.86. The van der Waals surface area contributed by atoms with E-state index in [9.17, 15) is 4.79 Å². The summed E-state index contributed by atoms with van der Waals surface area (Å²) in [4.78, 5) is 12.9. The fraction of sp³-hybridized carbons (Fsp3) is 0.421. The molecule has 1 rings (SSSR count). The van der Waals surface area contributed by atoms with Gasteiger partial charge in [-0.1, -0.05) is 30.7 Å². The van der Waals surface area contributed by atoms with Gasteiger partial charge in [-0.3, -0.25) is 0 Å². The average Bonchev–Trinajstić information content (AvgIpc) is 2.48. The van der Waals surface area contributed by atoms with Gasteiger partial charge in [0.25, 0.3) is 0 Å². The Kier molecular flexibility index (Phi) is 7.04. The maximum Gasteiger partial charge on any atom is 0.331 e. The number of ether oxygens (including phenoxy) is 1. The first-order valence-corrected chi connectivity index (χ1v) is 7.66. The summed E-state index contributed by atoms with van der Waals surface area (Å²) in [6.45, 7) is 5.57. The van der Waals surface area contributed by atoms with Crippen LogP contribution in [0.25, 0.3) is 0 Å². The van der Waals surface area contributed by atoms with Crippen LogP contribution in [0, 0.1) is 5.92 Å². The van der Waals surface area contributed by atoms with Crippen LogP contribution in [0.4, 0.5) is 5.69 Å². The highest BCUT2D eigenvalue weighted by atomic mass is 16.5. The molecule has 4 nitrogen and oxygen atoms in total. The van der Waals surface area contributed by atoms with Gasteiger partial charge < -0.3 is 14.7 Å². The molecule has 0 bridgehead atoms. The summed E-state index contributed by atoms with van der Waals surface area (Å²) in [7, 11) is 5.71. The molecule has 0 spiro atoms. The Morgan fingerprint density at radius 2 is 1.78 bits per heavy atom. The predicted molar refractivity (Wildman–Crippen MR) is 94.8 cm³/mol. The van der Waals surface area contributed by atoms with Crippen LogP contribution >= 0.6 is 0 Å². The van der Waals surface area contributed by atoms with E-state index in [2.05, 4.69) is 36.1 Å². The maximum atomic E-state index is 10.9. The molecule has 126 valence electrons. The molecule has 0 saturated carbocycles. The van der Waals surface area contributed by atoms with Crippen molar-refractivity contribution in [3.8, 4) is 0 Å². The minimum absolute atomic E-state index is 0.0697. The van der Waals surface area contributed by atoms with Crippen molar-refractivity contribution in [2.45, 2.75) is 26.9 Å². The average molecular weight is 317 g/mol. The Morgan fingerprint density at radius 1 is 1.22 bits per heavy atom. The molecule has 0 radical (unpaired) electrons. The minimum Gasteiger partial charge on any atom is -0.478 e. The topological polar surface area (TPSA) is 49.8 Å². The number of allylic oxidation sites excluding steroid dienone is 2. The Morgan fingerprint density at radius 3 is 2.22 bits per heavy atom. The van der Waals surface area contributed by atoms with Crippen LogP contribution in [-0.2, 0) is 9.53 Å². The van der Waals surface area contributed by atoms with Crippen LogP contribution < -0.4 is 4.90 Å². The number of rotatable bonds is 7. The van der Waals surface area contributed by atoms with Gasteiger partial charge in [-0.2, -0.15) is 0 Å². The van der Waals surface area contributed by atoms with E-state index in [0.717, 1.165) is 16.8 Å². The molecule has 0 fully saturated rings.